The summed E-state index contributed by atoms with van der Waals surface area (Å²) in [5.41, 5.74) is -1.43. The minimum Gasteiger partial charge on any atom is -0.348 e. The number of H-pyrrole nitrogens is 1. The number of hydrogen-bond acceptors (Lipinski definition) is 3. The van der Waals surface area contributed by atoms with Gasteiger partial charge >= 0.3 is 0 Å². The Hall–Kier alpha value is -3.23. The Morgan fingerprint density at radius 2 is 1.93 bits per heavy atom. The maximum absolute atomic E-state index is 14.6. The molecule has 0 saturated heterocycles. The fraction of sp³-hybridized carbons (Fsp3) is 0.167. The molecule has 0 unspecified atom stereocenters. The summed E-state index contributed by atoms with van der Waals surface area (Å²) in [5.74, 6) is -4.31. The molecule has 0 aliphatic heterocycles. The molecule has 0 bridgehead atoms. The second-order valence-corrected chi connectivity index (χ2v) is 5.92. The average Bonchev–Trinajstić information content (AvgIpc) is 2.59. The van der Waals surface area contributed by atoms with Crippen molar-refractivity contribution in [3.05, 3.63) is 75.3 Å². The van der Waals surface area contributed by atoms with Gasteiger partial charge < -0.3 is 10.3 Å². The van der Waals surface area contributed by atoms with Gasteiger partial charge in [-0.1, -0.05) is 0 Å². The molecule has 0 aliphatic carbocycles. The first-order chi connectivity index (χ1) is 12.8. The smallest absolute Gasteiger partial charge is 0.255 e. The Bertz CT molecular complexity index is 1100. The van der Waals surface area contributed by atoms with Crippen LogP contribution in [0.1, 0.15) is 24.2 Å². The molecule has 2 N–H and O–H groups in total. The number of carbonyl (C=O) groups is 1. The van der Waals surface area contributed by atoms with Gasteiger partial charge in [0.15, 0.2) is 0 Å². The molecule has 5 nitrogen and oxygen atoms in total. The van der Waals surface area contributed by atoms with Crippen LogP contribution >= 0.6 is 0 Å². The summed E-state index contributed by atoms with van der Waals surface area (Å²) in [6.07, 6.45) is 0.143. The summed E-state index contributed by atoms with van der Waals surface area (Å²) in [6.45, 7) is 1.40. The second kappa shape index (κ2) is 7.18. The van der Waals surface area contributed by atoms with E-state index in [1.165, 1.54) is 13.0 Å². The number of halogens is 4. The van der Waals surface area contributed by atoms with Crippen LogP contribution in [-0.2, 0) is 11.2 Å². The molecule has 27 heavy (non-hydrogen) atoms. The van der Waals surface area contributed by atoms with Crippen LogP contribution in [0.2, 0.25) is 0 Å². The maximum atomic E-state index is 14.6. The Labute approximate surface area is 150 Å². The molecule has 1 aromatic carbocycles. The molecule has 2 heterocycles. The molecule has 2 aromatic heterocycles. The highest BCUT2D eigenvalue weighted by Crippen LogP contribution is 2.19. The standard InChI is InChI=1S/C18H13F4N3O2/c1-8(17-13(21)5-10(20)7-23-17)24-15(26)6-12-16(22)11-4-9(19)2-3-14(11)25-18(12)27/h2-5,7-8H,6H2,1H3,(H,24,26)(H,25,27)/t8-/m1/s1. The van der Waals surface area contributed by atoms with Crippen LogP contribution in [0.5, 0.6) is 0 Å². The van der Waals surface area contributed by atoms with Crippen LogP contribution in [0.4, 0.5) is 17.6 Å². The first-order valence-electron chi connectivity index (χ1n) is 7.86. The van der Waals surface area contributed by atoms with Crippen molar-refractivity contribution in [1.82, 2.24) is 15.3 Å². The number of nitrogens with zero attached hydrogens (tertiary/aromatic N) is 1. The summed E-state index contributed by atoms with van der Waals surface area (Å²) in [5, 5.41) is 2.19. The van der Waals surface area contributed by atoms with Gasteiger partial charge in [-0.05, 0) is 25.1 Å². The fourth-order valence-electron chi connectivity index (χ4n) is 2.69. The fourth-order valence-corrected chi connectivity index (χ4v) is 2.69. The number of hydrogen-bond donors (Lipinski definition) is 2. The Kier molecular flexibility index (Phi) is 4.93. The normalized spacial score (nSPS) is 12.2. The molecule has 140 valence electrons. The number of aromatic nitrogens is 2. The minimum absolute atomic E-state index is 0.0917. The number of nitrogens with one attached hydrogen (secondary N) is 2. The third-order valence-corrected chi connectivity index (χ3v) is 3.97. The molecule has 1 atom stereocenters. The number of amides is 1. The van der Waals surface area contributed by atoms with E-state index in [-0.39, 0.29) is 16.6 Å². The van der Waals surface area contributed by atoms with E-state index in [1.807, 2.05) is 0 Å². The maximum Gasteiger partial charge on any atom is 0.255 e. The highest BCUT2D eigenvalue weighted by atomic mass is 19.1. The number of benzene rings is 1. The predicted molar refractivity (Wildman–Crippen MR) is 88.9 cm³/mol. The van der Waals surface area contributed by atoms with E-state index >= 15 is 0 Å². The molecule has 0 aliphatic rings. The zero-order chi connectivity index (χ0) is 19.7. The van der Waals surface area contributed by atoms with Gasteiger partial charge in [0, 0.05) is 11.5 Å². The lowest BCUT2D eigenvalue weighted by Gasteiger charge is -2.14. The highest BCUT2D eigenvalue weighted by Gasteiger charge is 2.20. The Morgan fingerprint density at radius 1 is 1.19 bits per heavy atom. The molecule has 0 spiro atoms. The molecule has 9 heteroatoms. The lowest BCUT2D eigenvalue weighted by molar-refractivity contribution is -0.121. The van der Waals surface area contributed by atoms with Gasteiger partial charge in [0.05, 0.1) is 35.4 Å². The lowest BCUT2D eigenvalue weighted by Crippen LogP contribution is -2.31. The minimum atomic E-state index is -1.01. The first kappa shape index (κ1) is 18.6. The topological polar surface area (TPSA) is 74.8 Å². The van der Waals surface area contributed by atoms with Crippen molar-refractivity contribution < 1.29 is 22.4 Å². The second-order valence-electron chi connectivity index (χ2n) is 5.92. The van der Waals surface area contributed by atoms with Crippen molar-refractivity contribution in [3.8, 4) is 0 Å². The molecule has 0 saturated carbocycles. The van der Waals surface area contributed by atoms with Crippen molar-refractivity contribution in [2.45, 2.75) is 19.4 Å². The molecule has 0 fully saturated rings. The molecular formula is C18H13F4N3O2. The van der Waals surface area contributed by atoms with Crippen molar-refractivity contribution >= 4 is 16.8 Å². The van der Waals surface area contributed by atoms with Crippen molar-refractivity contribution in [3.63, 3.8) is 0 Å². The SMILES string of the molecule is C[C@@H](NC(=O)Cc1c(F)c2cc(F)ccc2[nH]c1=O)c1ncc(F)cc1F. The van der Waals surface area contributed by atoms with E-state index in [9.17, 15) is 27.2 Å². The summed E-state index contributed by atoms with van der Waals surface area (Å²) >= 11 is 0. The third kappa shape index (κ3) is 3.81. The van der Waals surface area contributed by atoms with Crippen LogP contribution < -0.4 is 10.9 Å². The van der Waals surface area contributed by atoms with Crippen LogP contribution in [0.3, 0.4) is 0 Å². The quantitative estimate of drug-likeness (QED) is 0.685. The van der Waals surface area contributed by atoms with E-state index in [0.717, 1.165) is 18.3 Å². The average molecular weight is 379 g/mol. The van der Waals surface area contributed by atoms with Gasteiger partial charge in [-0.3, -0.25) is 14.6 Å². The van der Waals surface area contributed by atoms with Crippen LogP contribution in [0.15, 0.2) is 35.3 Å². The highest BCUT2D eigenvalue weighted by molar-refractivity contribution is 5.83. The van der Waals surface area contributed by atoms with E-state index in [2.05, 4.69) is 15.3 Å². The zero-order valence-electron chi connectivity index (χ0n) is 13.9. The van der Waals surface area contributed by atoms with Crippen LogP contribution in [0, 0.1) is 23.3 Å². The van der Waals surface area contributed by atoms with Crippen LogP contribution in [0.25, 0.3) is 10.9 Å². The van der Waals surface area contributed by atoms with Crippen molar-refractivity contribution in [2.75, 3.05) is 0 Å². The van der Waals surface area contributed by atoms with Gasteiger partial charge in [-0.15, -0.1) is 0 Å². The summed E-state index contributed by atoms with van der Waals surface area (Å²) < 4.78 is 54.5. The molecule has 3 rings (SSSR count). The largest absolute Gasteiger partial charge is 0.348 e. The zero-order valence-corrected chi connectivity index (χ0v) is 13.9. The Balaban J connectivity index is 1.84. The number of pyridine rings is 2. The summed E-state index contributed by atoms with van der Waals surface area (Å²) in [7, 11) is 0. The van der Waals surface area contributed by atoms with Gasteiger partial charge in [0.1, 0.15) is 23.3 Å². The number of aromatic amines is 1. The predicted octanol–water partition coefficient (Wildman–Crippen LogP) is 2.90. The monoisotopic (exact) mass is 379 g/mol. The van der Waals surface area contributed by atoms with E-state index in [4.69, 9.17) is 0 Å². The number of fused-ring (bicyclic) bond motifs is 1. The Morgan fingerprint density at radius 3 is 2.63 bits per heavy atom. The number of carbonyl (C=O) groups excluding carboxylic acids is 1. The van der Waals surface area contributed by atoms with Crippen molar-refractivity contribution in [2.24, 2.45) is 0 Å². The lowest BCUT2D eigenvalue weighted by atomic mass is 10.1. The van der Waals surface area contributed by atoms with E-state index in [1.54, 1.807) is 0 Å². The summed E-state index contributed by atoms with van der Waals surface area (Å²) in [6, 6.07) is 2.86. The van der Waals surface area contributed by atoms with Gasteiger partial charge in [0.2, 0.25) is 5.91 Å². The molecule has 0 radical (unpaired) electrons. The van der Waals surface area contributed by atoms with Crippen LogP contribution in [-0.4, -0.2) is 15.9 Å². The molecular weight excluding hydrogens is 366 g/mol. The first-order valence-corrected chi connectivity index (χ1v) is 7.86. The van der Waals surface area contributed by atoms with Gasteiger partial charge in [0.25, 0.3) is 5.56 Å². The number of rotatable bonds is 4. The summed E-state index contributed by atoms with van der Waals surface area (Å²) in [4.78, 5) is 30.1. The van der Waals surface area contributed by atoms with E-state index in [0.29, 0.717) is 6.07 Å². The molecule has 3 aromatic rings. The van der Waals surface area contributed by atoms with Gasteiger partial charge in [-0.2, -0.15) is 0 Å². The third-order valence-electron chi connectivity index (χ3n) is 3.97. The molecule has 1 amide bonds. The van der Waals surface area contributed by atoms with E-state index < -0.39 is 52.8 Å². The van der Waals surface area contributed by atoms with Crippen molar-refractivity contribution in [1.29, 1.82) is 0 Å². The van der Waals surface area contributed by atoms with Gasteiger partial charge in [-0.25, -0.2) is 17.6 Å².